The van der Waals surface area contributed by atoms with Crippen molar-refractivity contribution in [2.45, 2.75) is 225 Å². The average Bonchev–Trinajstić information content (AvgIpc) is 3.26. The molecular weight excluding hydrogens is 840 g/mol. The molecule has 14 heteroatoms. The van der Waals surface area contributed by atoms with E-state index >= 15 is 0 Å². The van der Waals surface area contributed by atoms with E-state index in [9.17, 15) is 39.5 Å². The Hall–Kier alpha value is -2.19. The predicted molar refractivity (Wildman–Crippen MR) is 255 cm³/mol. The van der Waals surface area contributed by atoms with Gasteiger partial charge in [0.1, 0.15) is 12.7 Å². The summed E-state index contributed by atoms with van der Waals surface area (Å²) in [4.78, 5) is 35.2. The molecule has 0 aromatic heterocycles. The third-order valence-corrected chi connectivity index (χ3v) is 11.7. The van der Waals surface area contributed by atoms with Gasteiger partial charge in [-0.1, -0.05) is 204 Å². The summed E-state index contributed by atoms with van der Waals surface area (Å²) in [6.07, 6.45) is 35.9. The second-order valence-corrected chi connectivity index (χ2v) is 19.0. The number of phosphoric acid groups is 1. The van der Waals surface area contributed by atoms with E-state index in [1.165, 1.54) is 102 Å². The summed E-state index contributed by atoms with van der Waals surface area (Å²) in [7, 11) is -4.71. The Morgan fingerprint density at radius 1 is 0.547 bits per heavy atom. The maximum Gasteiger partial charge on any atom is 0.472 e. The summed E-state index contributed by atoms with van der Waals surface area (Å²) in [5, 5.41) is 48.9. The SMILES string of the molecule is CCCCC[C@@H](O)/C=C/C=C\C=C\C=C\[C@@H](O)[C@H](O)CCCC(=O)OC[C@H](COP(=O)(O)OC[C@@H](O)CO)OC(=O)CCCCCCCCCCCCCCCCCCCCC(C)C. The molecule has 0 radical (unpaired) electrons. The lowest BCUT2D eigenvalue weighted by molar-refractivity contribution is -0.161. The highest BCUT2D eigenvalue weighted by molar-refractivity contribution is 7.47. The van der Waals surface area contributed by atoms with Gasteiger partial charge in [0, 0.05) is 12.8 Å². The average molecular weight is 931 g/mol. The molecule has 0 heterocycles. The molecule has 6 N–H and O–H groups in total. The van der Waals surface area contributed by atoms with Gasteiger partial charge in [-0.25, -0.2) is 4.57 Å². The molecule has 0 aromatic carbocycles. The smallest absolute Gasteiger partial charge is 0.462 e. The third-order valence-electron chi connectivity index (χ3n) is 10.8. The molecule has 6 atom stereocenters. The number of unbranched alkanes of at least 4 members (excludes halogenated alkanes) is 19. The Morgan fingerprint density at radius 3 is 1.55 bits per heavy atom. The van der Waals surface area contributed by atoms with Crippen molar-refractivity contribution in [3.8, 4) is 0 Å². The zero-order chi connectivity index (χ0) is 47.5. The van der Waals surface area contributed by atoms with Crippen LogP contribution in [0.5, 0.6) is 0 Å². The first-order valence-electron chi connectivity index (χ1n) is 24.8. The molecule has 13 nitrogen and oxygen atoms in total. The van der Waals surface area contributed by atoms with Crippen LogP contribution in [-0.2, 0) is 32.7 Å². The molecule has 0 bridgehead atoms. The molecule has 374 valence electrons. The molecule has 0 spiro atoms. The zero-order valence-corrected chi connectivity index (χ0v) is 40.9. The standard InChI is InChI=1S/C50H91O13P/c1-4-5-26-33-44(52)34-28-23-20-21-24-29-35-47(54)48(55)36-31-38-49(56)60-41-46(42-62-64(58,59)61-40-45(53)39-51)63-50(57)37-30-25-19-17-15-13-11-9-7-6-8-10-12-14-16-18-22-27-32-43(2)3/h20-21,23-24,28-29,34-35,43-48,51-55H,4-19,22,25-27,30-33,36-42H2,1-3H3,(H,58,59)/b23-20-,24-21+,34-28+,35-29+/t44-,45+,46-,47-,48-/m1/s1. The van der Waals surface area contributed by atoms with Crippen LogP contribution in [-0.4, -0.2) is 99.3 Å². The number of esters is 2. The normalized spacial score (nSPS) is 15.7. The lowest BCUT2D eigenvalue weighted by Crippen LogP contribution is -2.30. The number of aliphatic hydroxyl groups is 5. The minimum absolute atomic E-state index is 0.0982. The van der Waals surface area contributed by atoms with Gasteiger partial charge >= 0.3 is 19.8 Å². The lowest BCUT2D eigenvalue weighted by atomic mass is 10.0. The number of allylic oxidation sites excluding steroid dienone is 6. The number of carbonyl (C=O) groups excluding carboxylic acids is 2. The highest BCUT2D eigenvalue weighted by Crippen LogP contribution is 2.43. The van der Waals surface area contributed by atoms with Crippen LogP contribution < -0.4 is 0 Å². The fourth-order valence-corrected chi connectivity index (χ4v) is 7.59. The van der Waals surface area contributed by atoms with Crippen LogP contribution in [0, 0.1) is 5.92 Å². The third kappa shape index (κ3) is 42.4. The first-order valence-corrected chi connectivity index (χ1v) is 26.3. The van der Waals surface area contributed by atoms with Crippen LogP contribution in [0.2, 0.25) is 0 Å². The zero-order valence-electron chi connectivity index (χ0n) is 40.0. The molecule has 0 fully saturated rings. The van der Waals surface area contributed by atoms with E-state index in [0.717, 1.165) is 50.9 Å². The van der Waals surface area contributed by atoms with Crippen LogP contribution in [0.4, 0.5) is 0 Å². The second kappa shape index (κ2) is 43.4. The fraction of sp³-hybridized carbons (Fsp3) is 0.800. The van der Waals surface area contributed by atoms with Crippen molar-refractivity contribution in [2.75, 3.05) is 26.4 Å². The molecule has 64 heavy (non-hydrogen) atoms. The Bertz CT molecular complexity index is 1270. The predicted octanol–water partition coefficient (Wildman–Crippen LogP) is 10.4. The minimum Gasteiger partial charge on any atom is -0.462 e. The van der Waals surface area contributed by atoms with Crippen molar-refractivity contribution in [2.24, 2.45) is 5.92 Å². The van der Waals surface area contributed by atoms with Gasteiger partial charge in [-0.3, -0.25) is 18.6 Å². The van der Waals surface area contributed by atoms with Crippen LogP contribution in [0.1, 0.15) is 194 Å². The number of ether oxygens (including phenoxy) is 2. The first-order chi connectivity index (χ1) is 30.8. The minimum atomic E-state index is -4.71. The number of hydrogen-bond acceptors (Lipinski definition) is 12. The first kappa shape index (κ1) is 61.8. The maximum atomic E-state index is 12.7. The Balaban J connectivity index is 4.46. The van der Waals surface area contributed by atoms with Crippen molar-refractivity contribution < 1.29 is 63.1 Å². The highest BCUT2D eigenvalue weighted by Gasteiger charge is 2.27. The van der Waals surface area contributed by atoms with Gasteiger partial charge in [0.25, 0.3) is 0 Å². The van der Waals surface area contributed by atoms with Gasteiger partial charge in [0.15, 0.2) is 6.10 Å². The fourth-order valence-electron chi connectivity index (χ4n) is 6.80. The van der Waals surface area contributed by atoms with E-state index in [1.807, 2.05) is 0 Å². The second-order valence-electron chi connectivity index (χ2n) is 17.5. The summed E-state index contributed by atoms with van der Waals surface area (Å²) in [5.41, 5.74) is 0. The van der Waals surface area contributed by atoms with Crippen molar-refractivity contribution in [3.63, 3.8) is 0 Å². The Labute approximate surface area is 387 Å². The van der Waals surface area contributed by atoms with E-state index in [4.69, 9.17) is 19.1 Å². The molecule has 0 saturated carbocycles. The summed E-state index contributed by atoms with van der Waals surface area (Å²) in [6, 6.07) is 0. The van der Waals surface area contributed by atoms with Gasteiger partial charge in [-0.05, 0) is 31.6 Å². The van der Waals surface area contributed by atoms with Crippen molar-refractivity contribution >= 4 is 19.8 Å². The van der Waals surface area contributed by atoms with Gasteiger partial charge in [-0.2, -0.15) is 0 Å². The molecule has 0 rings (SSSR count). The molecule has 1 unspecified atom stereocenters. The molecular formula is C50H91O13P. The van der Waals surface area contributed by atoms with E-state index in [0.29, 0.717) is 6.42 Å². The molecule has 0 aliphatic heterocycles. The van der Waals surface area contributed by atoms with E-state index in [1.54, 1.807) is 42.5 Å². The van der Waals surface area contributed by atoms with Gasteiger partial charge in [-0.15, -0.1) is 0 Å². The number of phosphoric ester groups is 1. The Kier molecular flexibility index (Phi) is 41.9. The van der Waals surface area contributed by atoms with Crippen molar-refractivity contribution in [1.29, 1.82) is 0 Å². The largest absolute Gasteiger partial charge is 0.472 e. The lowest BCUT2D eigenvalue weighted by Gasteiger charge is -2.20. The monoisotopic (exact) mass is 931 g/mol. The highest BCUT2D eigenvalue weighted by atomic mass is 31.2. The molecule has 0 aliphatic rings. The molecule has 0 aromatic rings. The van der Waals surface area contributed by atoms with Crippen LogP contribution in [0.3, 0.4) is 0 Å². The summed E-state index contributed by atoms with van der Waals surface area (Å²) >= 11 is 0. The molecule has 0 amide bonds. The topological polar surface area (TPSA) is 210 Å². The van der Waals surface area contributed by atoms with E-state index in [2.05, 4.69) is 25.3 Å². The van der Waals surface area contributed by atoms with Crippen LogP contribution in [0.25, 0.3) is 0 Å². The Morgan fingerprint density at radius 2 is 1.02 bits per heavy atom. The van der Waals surface area contributed by atoms with Gasteiger partial charge < -0.3 is 39.9 Å². The van der Waals surface area contributed by atoms with Crippen molar-refractivity contribution in [1.82, 2.24) is 0 Å². The van der Waals surface area contributed by atoms with Gasteiger partial charge in [0.2, 0.25) is 0 Å². The quantitative estimate of drug-likeness (QED) is 0.0146. The van der Waals surface area contributed by atoms with E-state index in [-0.39, 0.29) is 25.7 Å². The number of aliphatic hydroxyl groups excluding tert-OH is 5. The summed E-state index contributed by atoms with van der Waals surface area (Å²) in [6.45, 7) is 4.26. The maximum absolute atomic E-state index is 12.7. The molecule has 0 saturated heterocycles. The number of rotatable bonds is 45. The van der Waals surface area contributed by atoms with Crippen LogP contribution in [0.15, 0.2) is 48.6 Å². The molecule has 0 aliphatic carbocycles. The summed E-state index contributed by atoms with van der Waals surface area (Å²) in [5.74, 6) is -0.421. The summed E-state index contributed by atoms with van der Waals surface area (Å²) < 4.78 is 32.6. The van der Waals surface area contributed by atoms with E-state index < -0.39 is 76.7 Å². The number of carbonyl (C=O) groups is 2. The van der Waals surface area contributed by atoms with Crippen molar-refractivity contribution in [3.05, 3.63) is 48.6 Å². The van der Waals surface area contributed by atoms with Gasteiger partial charge in [0.05, 0.1) is 38.1 Å². The van der Waals surface area contributed by atoms with Crippen LogP contribution >= 0.6 is 7.82 Å². The number of hydrogen-bond donors (Lipinski definition) is 6.